The molecule has 0 amide bonds. The highest BCUT2D eigenvalue weighted by atomic mass is 32.4. The molecular formula is C27H47O2PS. The first-order chi connectivity index (χ1) is 15.2. The molecule has 0 aromatic carbocycles. The summed E-state index contributed by atoms with van der Waals surface area (Å²) in [5.74, 6) is 0.869. The van der Waals surface area contributed by atoms with Crippen molar-refractivity contribution in [3.05, 3.63) is 0 Å². The summed E-state index contributed by atoms with van der Waals surface area (Å²) in [5, 5.41) is 0. The minimum absolute atomic E-state index is 0.403. The van der Waals surface area contributed by atoms with Crippen LogP contribution in [0.3, 0.4) is 0 Å². The molecule has 2 heterocycles. The van der Waals surface area contributed by atoms with Gasteiger partial charge in [-0.15, -0.1) is 0 Å². The van der Waals surface area contributed by atoms with E-state index in [1.165, 1.54) is 116 Å². The van der Waals surface area contributed by atoms with Crippen molar-refractivity contribution in [3.8, 4) is 0 Å². The lowest BCUT2D eigenvalue weighted by Gasteiger charge is -2.60. The Morgan fingerprint density at radius 2 is 1.00 bits per heavy atom. The van der Waals surface area contributed by atoms with Crippen molar-refractivity contribution in [2.45, 2.75) is 164 Å². The Hall–Kier alpha value is 0.570. The monoisotopic (exact) mass is 466 g/mol. The van der Waals surface area contributed by atoms with E-state index in [9.17, 15) is 0 Å². The van der Waals surface area contributed by atoms with E-state index in [0.29, 0.717) is 41.4 Å². The highest BCUT2D eigenvalue weighted by Gasteiger charge is 2.59. The Bertz CT molecular complexity index is 633. The van der Waals surface area contributed by atoms with Crippen LogP contribution in [-0.4, -0.2) is 41.4 Å². The zero-order valence-corrected chi connectivity index (χ0v) is 21.7. The maximum absolute atomic E-state index is 7.17. The van der Waals surface area contributed by atoms with E-state index in [4.69, 9.17) is 21.3 Å². The van der Waals surface area contributed by atoms with E-state index in [2.05, 4.69) is 6.92 Å². The first-order valence-electron chi connectivity index (χ1n) is 14.1. The summed E-state index contributed by atoms with van der Waals surface area (Å²) in [5.41, 5.74) is 1.95. The van der Waals surface area contributed by atoms with Crippen molar-refractivity contribution in [2.24, 2.45) is 5.92 Å². The Balaban J connectivity index is 1.55. The van der Waals surface area contributed by atoms with Gasteiger partial charge in [-0.2, -0.15) is 0 Å². The van der Waals surface area contributed by atoms with E-state index in [-0.39, 0.29) is 0 Å². The van der Waals surface area contributed by atoms with Gasteiger partial charge in [0.05, 0.1) is 24.4 Å². The molecule has 3 aliphatic carbocycles. The van der Waals surface area contributed by atoms with Crippen molar-refractivity contribution in [1.82, 2.24) is 0 Å². The number of fused-ring (bicyclic) bond motifs is 4. The molecule has 31 heavy (non-hydrogen) atoms. The maximum atomic E-state index is 7.17. The molecule has 5 rings (SSSR count). The quantitative estimate of drug-likeness (QED) is 0.339. The van der Waals surface area contributed by atoms with Crippen LogP contribution < -0.4 is 0 Å². The fourth-order valence-corrected chi connectivity index (χ4v) is 15.8. The summed E-state index contributed by atoms with van der Waals surface area (Å²) >= 11 is 7.17. The molecule has 0 radical (unpaired) electrons. The lowest BCUT2D eigenvalue weighted by molar-refractivity contribution is -0.0994. The van der Waals surface area contributed by atoms with Crippen LogP contribution in [0.2, 0.25) is 0 Å². The number of hydrogen-bond donors (Lipinski definition) is 0. The van der Waals surface area contributed by atoms with Crippen molar-refractivity contribution in [1.29, 1.82) is 0 Å². The summed E-state index contributed by atoms with van der Waals surface area (Å²) in [6, 6.07) is -1.58. The van der Waals surface area contributed by atoms with Gasteiger partial charge < -0.3 is 9.47 Å². The average Bonchev–Trinajstić information content (AvgIpc) is 2.92. The van der Waals surface area contributed by atoms with Gasteiger partial charge in [0.25, 0.3) is 0 Å². The van der Waals surface area contributed by atoms with Crippen LogP contribution in [-0.2, 0) is 21.3 Å². The third-order valence-corrected chi connectivity index (χ3v) is 16.9. The van der Waals surface area contributed by atoms with E-state index >= 15 is 0 Å². The third-order valence-electron chi connectivity index (χ3n) is 9.68. The van der Waals surface area contributed by atoms with Crippen molar-refractivity contribution < 1.29 is 9.47 Å². The minimum Gasteiger partial charge on any atom is -0.374 e. The summed E-state index contributed by atoms with van der Waals surface area (Å²) in [7, 11) is 0. The van der Waals surface area contributed by atoms with Crippen LogP contribution in [0, 0.1) is 5.92 Å². The molecule has 2 nitrogen and oxygen atoms in total. The second-order valence-corrected chi connectivity index (χ2v) is 17.1. The average molecular weight is 467 g/mol. The second-order valence-electron chi connectivity index (χ2n) is 11.8. The van der Waals surface area contributed by atoms with Crippen molar-refractivity contribution >= 4 is 17.8 Å². The van der Waals surface area contributed by atoms with Gasteiger partial charge in [-0.1, -0.05) is 89.4 Å². The summed E-state index contributed by atoms with van der Waals surface area (Å²) in [6.07, 6.45) is 26.0. The molecule has 4 heteroatoms. The number of hydrogen-bond acceptors (Lipinski definition) is 3. The molecule has 5 fully saturated rings. The molecule has 0 aromatic heterocycles. The fraction of sp³-hybridized carbons (Fsp3) is 1.00. The van der Waals surface area contributed by atoms with E-state index in [1.807, 2.05) is 0 Å². The second kappa shape index (κ2) is 10.5. The highest BCUT2D eigenvalue weighted by molar-refractivity contribution is 8.15. The molecule has 0 bridgehead atoms. The molecule has 0 N–H and O–H groups in total. The molecule has 0 spiro atoms. The first-order valence-corrected chi connectivity index (χ1v) is 17.1. The molecule has 2 aliphatic heterocycles. The van der Waals surface area contributed by atoms with Crippen LogP contribution >= 0.6 is 6.04 Å². The van der Waals surface area contributed by atoms with E-state index < -0.39 is 6.04 Å². The molecule has 2 saturated heterocycles. The van der Waals surface area contributed by atoms with Gasteiger partial charge >= 0.3 is 0 Å². The highest BCUT2D eigenvalue weighted by Crippen LogP contribution is 2.72. The zero-order valence-electron chi connectivity index (χ0n) is 20.0. The zero-order chi connectivity index (χ0) is 21.3. The van der Waals surface area contributed by atoms with Crippen molar-refractivity contribution in [3.63, 3.8) is 0 Å². The summed E-state index contributed by atoms with van der Waals surface area (Å²) in [4.78, 5) is 0. The SMILES string of the molecule is CC1CCCC2OC3CCCCCCC4OC5CCCCCCCC5P(=S)(C2CC1)C43. The van der Waals surface area contributed by atoms with Crippen LogP contribution in [0.1, 0.15) is 122 Å². The fourth-order valence-electron chi connectivity index (χ4n) is 8.07. The van der Waals surface area contributed by atoms with Crippen molar-refractivity contribution in [2.75, 3.05) is 0 Å². The number of rotatable bonds is 0. The predicted octanol–water partition coefficient (Wildman–Crippen LogP) is 7.81. The van der Waals surface area contributed by atoms with Gasteiger partial charge in [-0.25, -0.2) is 0 Å². The summed E-state index contributed by atoms with van der Waals surface area (Å²) < 4.78 is 14.2. The van der Waals surface area contributed by atoms with Crippen LogP contribution in [0.5, 0.6) is 0 Å². The lowest BCUT2D eigenvalue weighted by atomic mass is 9.90. The molecule has 9 atom stereocenters. The lowest BCUT2D eigenvalue weighted by Crippen LogP contribution is -2.59. The predicted molar refractivity (Wildman–Crippen MR) is 135 cm³/mol. The normalized spacial score (nSPS) is 49.7. The van der Waals surface area contributed by atoms with Gasteiger partial charge in [0.1, 0.15) is 0 Å². The smallest absolute Gasteiger partial charge is 0.0679 e. The van der Waals surface area contributed by atoms with Crippen LogP contribution in [0.25, 0.3) is 0 Å². The summed E-state index contributed by atoms with van der Waals surface area (Å²) in [6.45, 7) is 2.48. The standard InChI is InChI=1S/C27H47O2PS/c1-20-12-11-16-22-26(19-18-20)30(31)25-17-10-4-2-3-7-13-21(25)28-23-14-8-5-6-9-15-24(29-22)27(23)30/h20-27H,2-19H2,1H3. The van der Waals surface area contributed by atoms with Crippen LogP contribution in [0.15, 0.2) is 0 Å². The third kappa shape index (κ3) is 4.74. The van der Waals surface area contributed by atoms with Gasteiger partial charge in [0.2, 0.25) is 0 Å². The van der Waals surface area contributed by atoms with E-state index in [0.717, 1.165) is 5.92 Å². The van der Waals surface area contributed by atoms with Gasteiger partial charge in [-0.05, 0) is 56.9 Å². The largest absolute Gasteiger partial charge is 0.374 e. The molecule has 5 aliphatic rings. The molecule has 0 aromatic rings. The van der Waals surface area contributed by atoms with Crippen LogP contribution in [0.4, 0.5) is 0 Å². The van der Waals surface area contributed by atoms with Gasteiger partial charge in [-0.3, -0.25) is 0 Å². The van der Waals surface area contributed by atoms with E-state index in [1.54, 1.807) is 0 Å². The topological polar surface area (TPSA) is 18.5 Å². The molecule has 9 unspecified atom stereocenters. The van der Waals surface area contributed by atoms with Gasteiger partial charge in [0, 0.05) is 17.0 Å². The number of ether oxygens (including phenoxy) is 2. The van der Waals surface area contributed by atoms with Gasteiger partial charge in [0.15, 0.2) is 0 Å². The Labute approximate surface area is 197 Å². The molecule has 3 saturated carbocycles. The molecule has 178 valence electrons. The minimum atomic E-state index is -1.58. The molecular weight excluding hydrogens is 419 g/mol. The maximum Gasteiger partial charge on any atom is 0.0679 e. The first kappa shape index (κ1) is 23.3. The Morgan fingerprint density at radius 3 is 1.65 bits per heavy atom. The Morgan fingerprint density at radius 1 is 0.516 bits per heavy atom. The Kier molecular flexibility index (Phi) is 7.86.